The molecule has 2 aromatic carbocycles. The summed E-state index contributed by atoms with van der Waals surface area (Å²) in [7, 11) is 1.56. The van der Waals surface area contributed by atoms with Crippen LogP contribution in [0.2, 0.25) is 0 Å². The molecular weight excluding hydrogens is 333 g/mol. The third-order valence-corrected chi connectivity index (χ3v) is 3.77. The lowest BCUT2D eigenvalue weighted by atomic mass is 10.0. The third kappa shape index (κ3) is 3.33. The zero-order valence-electron chi connectivity index (χ0n) is 10.7. The molecule has 1 atom stereocenters. The Morgan fingerprint density at radius 3 is 2.35 bits per heavy atom. The van der Waals surface area contributed by atoms with E-state index in [1.54, 1.807) is 7.11 Å². The molecule has 2 rings (SSSR count). The molecule has 0 amide bonds. The van der Waals surface area contributed by atoms with Gasteiger partial charge in [0, 0.05) is 4.83 Å². The summed E-state index contributed by atoms with van der Waals surface area (Å²) in [6, 6.07) is 9.36. The first-order valence-electron chi connectivity index (χ1n) is 5.92. The summed E-state index contributed by atoms with van der Waals surface area (Å²) < 4.78 is 44.4. The molecule has 5 heteroatoms. The van der Waals surface area contributed by atoms with Gasteiger partial charge in [0.1, 0.15) is 5.75 Å². The molecule has 0 spiro atoms. The minimum Gasteiger partial charge on any atom is -0.497 e. The molecule has 2 aromatic rings. The highest BCUT2D eigenvalue weighted by Crippen LogP contribution is 2.30. The lowest BCUT2D eigenvalue weighted by molar-refractivity contribution is 0.414. The number of rotatable bonds is 4. The Kier molecular flexibility index (Phi) is 4.70. The van der Waals surface area contributed by atoms with E-state index in [9.17, 15) is 13.2 Å². The van der Waals surface area contributed by atoms with Crippen LogP contribution < -0.4 is 4.74 Å². The number of methoxy groups -OCH3 is 1. The molecule has 106 valence electrons. The van der Waals surface area contributed by atoms with Crippen LogP contribution in [-0.2, 0) is 6.42 Å². The fourth-order valence-electron chi connectivity index (χ4n) is 1.88. The largest absolute Gasteiger partial charge is 0.497 e. The van der Waals surface area contributed by atoms with Crippen LogP contribution in [-0.4, -0.2) is 7.11 Å². The van der Waals surface area contributed by atoms with Crippen LogP contribution in [0.15, 0.2) is 36.4 Å². The molecule has 0 saturated heterocycles. The Morgan fingerprint density at radius 1 is 1.10 bits per heavy atom. The van der Waals surface area contributed by atoms with Crippen molar-refractivity contribution in [1.29, 1.82) is 0 Å². The smallest absolute Gasteiger partial charge is 0.194 e. The van der Waals surface area contributed by atoms with E-state index in [2.05, 4.69) is 15.9 Å². The van der Waals surface area contributed by atoms with Gasteiger partial charge in [0.15, 0.2) is 17.5 Å². The minimum atomic E-state index is -1.45. The maximum Gasteiger partial charge on any atom is 0.194 e. The Hall–Kier alpha value is -1.49. The second-order valence-electron chi connectivity index (χ2n) is 4.32. The van der Waals surface area contributed by atoms with Gasteiger partial charge in [-0.1, -0.05) is 28.1 Å². The molecule has 0 aromatic heterocycles. The van der Waals surface area contributed by atoms with Crippen molar-refractivity contribution < 1.29 is 17.9 Å². The van der Waals surface area contributed by atoms with Crippen LogP contribution in [0.3, 0.4) is 0 Å². The number of halogens is 4. The van der Waals surface area contributed by atoms with Gasteiger partial charge < -0.3 is 4.74 Å². The first-order chi connectivity index (χ1) is 9.51. The van der Waals surface area contributed by atoms with Gasteiger partial charge in [0.25, 0.3) is 0 Å². The first kappa shape index (κ1) is 14.9. The molecule has 1 nitrogen and oxygen atoms in total. The summed E-state index contributed by atoms with van der Waals surface area (Å²) in [6.07, 6.45) is 0.502. The molecule has 0 radical (unpaired) electrons. The van der Waals surface area contributed by atoms with Crippen molar-refractivity contribution in [2.24, 2.45) is 0 Å². The topological polar surface area (TPSA) is 9.23 Å². The van der Waals surface area contributed by atoms with E-state index in [1.165, 1.54) is 0 Å². The molecule has 0 bridgehead atoms. The van der Waals surface area contributed by atoms with Crippen molar-refractivity contribution in [2.45, 2.75) is 11.2 Å². The van der Waals surface area contributed by atoms with Crippen molar-refractivity contribution >= 4 is 15.9 Å². The van der Waals surface area contributed by atoms with Crippen LogP contribution in [0.4, 0.5) is 13.2 Å². The fourth-order valence-corrected chi connectivity index (χ4v) is 2.52. The molecule has 0 heterocycles. The standard InChI is InChI=1S/C15H12BrF3O/c1-20-11-4-2-3-9(5-11)6-12(16)10-7-13(17)15(19)14(18)8-10/h2-5,7-8,12H,6H2,1H3. The van der Waals surface area contributed by atoms with E-state index < -0.39 is 17.5 Å². The minimum absolute atomic E-state index is 0.320. The summed E-state index contributed by atoms with van der Waals surface area (Å²) in [4.78, 5) is -0.320. The Morgan fingerprint density at radius 2 is 1.75 bits per heavy atom. The first-order valence-corrected chi connectivity index (χ1v) is 6.84. The molecule has 0 fully saturated rings. The summed E-state index contributed by atoms with van der Waals surface area (Å²) >= 11 is 3.37. The highest BCUT2D eigenvalue weighted by molar-refractivity contribution is 9.09. The third-order valence-electron chi connectivity index (χ3n) is 2.92. The molecule has 0 aliphatic rings. The van der Waals surface area contributed by atoms with Gasteiger partial charge in [-0.2, -0.15) is 0 Å². The quantitative estimate of drug-likeness (QED) is 0.572. The molecule has 1 unspecified atom stereocenters. The van der Waals surface area contributed by atoms with E-state index in [4.69, 9.17) is 4.74 Å². The maximum absolute atomic E-state index is 13.2. The predicted octanol–water partition coefficient (Wildman–Crippen LogP) is 4.79. The van der Waals surface area contributed by atoms with Crippen LogP contribution in [0.1, 0.15) is 16.0 Å². The Labute approximate surface area is 123 Å². The van der Waals surface area contributed by atoms with Crippen LogP contribution in [0, 0.1) is 17.5 Å². The SMILES string of the molecule is COc1cccc(CC(Br)c2cc(F)c(F)c(F)c2)c1. The second-order valence-corrected chi connectivity index (χ2v) is 5.43. The summed E-state index contributed by atoms with van der Waals surface area (Å²) in [5.41, 5.74) is 1.29. The summed E-state index contributed by atoms with van der Waals surface area (Å²) in [6.45, 7) is 0. The van der Waals surface area contributed by atoms with Crippen LogP contribution in [0.5, 0.6) is 5.75 Å². The van der Waals surface area contributed by atoms with Crippen molar-refractivity contribution in [3.63, 3.8) is 0 Å². The fraction of sp³-hybridized carbons (Fsp3) is 0.200. The molecular formula is C15H12BrF3O. The number of benzene rings is 2. The van der Waals surface area contributed by atoms with Crippen LogP contribution in [0.25, 0.3) is 0 Å². The van der Waals surface area contributed by atoms with Crippen molar-refractivity contribution in [3.8, 4) is 5.75 Å². The zero-order valence-corrected chi connectivity index (χ0v) is 12.3. The highest BCUT2D eigenvalue weighted by Gasteiger charge is 2.16. The summed E-state index contributed by atoms with van der Waals surface area (Å²) in [5.74, 6) is -3.11. The van der Waals surface area contributed by atoms with E-state index in [1.807, 2.05) is 24.3 Å². The second kappa shape index (κ2) is 6.31. The van der Waals surface area contributed by atoms with E-state index in [0.717, 1.165) is 17.7 Å². The van der Waals surface area contributed by atoms with Crippen molar-refractivity contribution in [3.05, 3.63) is 65.0 Å². The van der Waals surface area contributed by atoms with E-state index in [-0.39, 0.29) is 4.83 Å². The van der Waals surface area contributed by atoms with Crippen LogP contribution >= 0.6 is 15.9 Å². The van der Waals surface area contributed by atoms with Crippen molar-refractivity contribution in [2.75, 3.05) is 7.11 Å². The van der Waals surface area contributed by atoms with Gasteiger partial charge in [-0.05, 0) is 41.8 Å². The monoisotopic (exact) mass is 344 g/mol. The zero-order chi connectivity index (χ0) is 14.7. The molecule has 20 heavy (non-hydrogen) atoms. The van der Waals surface area contributed by atoms with Gasteiger partial charge in [-0.3, -0.25) is 0 Å². The van der Waals surface area contributed by atoms with Crippen molar-refractivity contribution in [1.82, 2.24) is 0 Å². The van der Waals surface area contributed by atoms with Gasteiger partial charge in [0.2, 0.25) is 0 Å². The number of hydrogen-bond acceptors (Lipinski definition) is 1. The number of hydrogen-bond donors (Lipinski definition) is 0. The lowest BCUT2D eigenvalue weighted by Crippen LogP contribution is -2.00. The number of ether oxygens (including phenoxy) is 1. The molecule has 0 aliphatic carbocycles. The molecule has 0 saturated carbocycles. The molecule has 0 aliphatic heterocycles. The summed E-state index contributed by atoms with van der Waals surface area (Å²) in [5, 5.41) is 0. The van der Waals surface area contributed by atoms with Gasteiger partial charge >= 0.3 is 0 Å². The lowest BCUT2D eigenvalue weighted by Gasteiger charge is -2.12. The van der Waals surface area contributed by atoms with E-state index >= 15 is 0 Å². The predicted molar refractivity (Wildman–Crippen MR) is 74.7 cm³/mol. The maximum atomic E-state index is 13.2. The van der Waals surface area contributed by atoms with Gasteiger partial charge in [-0.15, -0.1) is 0 Å². The average molecular weight is 345 g/mol. The normalized spacial score (nSPS) is 12.2. The van der Waals surface area contributed by atoms with E-state index in [0.29, 0.717) is 17.7 Å². The average Bonchev–Trinajstić information content (AvgIpc) is 2.44. The highest BCUT2D eigenvalue weighted by atomic mass is 79.9. The Bertz CT molecular complexity index is 593. The van der Waals surface area contributed by atoms with Gasteiger partial charge in [-0.25, -0.2) is 13.2 Å². The number of alkyl halides is 1. The Balaban J connectivity index is 2.21. The van der Waals surface area contributed by atoms with Gasteiger partial charge in [0.05, 0.1) is 7.11 Å². The molecule has 0 N–H and O–H groups in total.